The predicted octanol–water partition coefficient (Wildman–Crippen LogP) is 7.50. The number of halogens is 3. The van der Waals surface area contributed by atoms with Crippen LogP contribution >= 0.6 is 0 Å². The van der Waals surface area contributed by atoms with Gasteiger partial charge in [0, 0.05) is 26.2 Å². The number of alkyl halides is 3. The van der Waals surface area contributed by atoms with Crippen molar-refractivity contribution in [1.82, 2.24) is 0 Å². The van der Waals surface area contributed by atoms with E-state index in [-0.39, 0.29) is 6.04 Å². The number of rotatable bonds is 7. The molecule has 9 heteroatoms. The van der Waals surface area contributed by atoms with Crippen LogP contribution in [0.1, 0.15) is 44.9 Å². The molecule has 3 aliphatic heterocycles. The molecule has 37 heavy (non-hydrogen) atoms. The number of allylic oxidation sites excluding steroid dienone is 1. The molecule has 0 amide bonds. The molecule has 208 valence electrons. The predicted molar refractivity (Wildman–Crippen MR) is 156 cm³/mol. The van der Waals surface area contributed by atoms with Crippen molar-refractivity contribution >= 4 is 30.9 Å². The third-order valence-corrected chi connectivity index (χ3v) is 17.4. The second kappa shape index (κ2) is 16.7. The lowest BCUT2D eigenvalue weighted by Gasteiger charge is -2.32. The van der Waals surface area contributed by atoms with Crippen molar-refractivity contribution in [2.45, 2.75) is 81.3 Å². The van der Waals surface area contributed by atoms with Crippen LogP contribution in [0, 0.1) is 0 Å². The van der Waals surface area contributed by atoms with E-state index >= 15 is 0 Å². The summed E-state index contributed by atoms with van der Waals surface area (Å²) < 4.78 is 53.3. The first kappa shape index (κ1) is 32.0. The minimum Gasteiger partial charge on any atom is -0.420 e. The van der Waals surface area contributed by atoms with Gasteiger partial charge in [0.15, 0.2) is 9.04 Å². The third-order valence-electron chi connectivity index (χ3n) is 7.19. The first-order chi connectivity index (χ1) is 17.8. The molecule has 3 fully saturated rings. The largest absolute Gasteiger partial charge is 0.420 e. The maximum absolute atomic E-state index is 12.0. The summed E-state index contributed by atoms with van der Waals surface area (Å²) in [6.07, 6.45) is 4.32. The molecule has 3 heterocycles. The first-order valence-electron chi connectivity index (χ1n) is 13.7. The van der Waals surface area contributed by atoms with Crippen molar-refractivity contribution in [3.63, 3.8) is 0 Å². The molecule has 4 rings (SSSR count). The molecule has 3 atom stereocenters. The molecule has 0 aliphatic carbocycles. The fraction of sp³-hybridized carbons (Fsp3) is 0.571. The molecule has 1 aromatic rings. The first-order valence-corrected chi connectivity index (χ1v) is 20.4. The molecule has 0 spiro atoms. The van der Waals surface area contributed by atoms with Gasteiger partial charge in [-0.25, -0.2) is 0 Å². The third kappa shape index (κ3) is 11.6. The Morgan fingerprint density at radius 2 is 1.51 bits per heavy atom. The van der Waals surface area contributed by atoms with Crippen molar-refractivity contribution < 1.29 is 26.4 Å². The minimum absolute atomic E-state index is 0.139. The van der Waals surface area contributed by atoms with E-state index in [0.717, 1.165) is 32.1 Å². The highest BCUT2D eigenvalue weighted by Gasteiger charge is 2.38. The summed E-state index contributed by atoms with van der Waals surface area (Å²) in [5.41, 5.74) is 3.75. The average Bonchev–Trinajstić information content (AvgIpc) is 2.94. The van der Waals surface area contributed by atoms with E-state index in [1.807, 2.05) is 6.08 Å². The van der Waals surface area contributed by atoms with Gasteiger partial charge >= 0.3 is 6.18 Å². The average molecular weight is 571 g/mol. The highest BCUT2D eigenvalue weighted by Crippen LogP contribution is 2.32. The Morgan fingerprint density at radius 1 is 0.838 bits per heavy atom. The topological polar surface area (TPSA) is 27.7 Å². The Balaban J connectivity index is 0.000000200. The van der Waals surface area contributed by atoms with Crippen LogP contribution in [0.25, 0.3) is 0 Å². The Labute approximate surface area is 225 Å². The molecule has 3 unspecified atom stereocenters. The fourth-order valence-corrected chi connectivity index (χ4v) is 13.4. The smallest absolute Gasteiger partial charge is 0.388 e. The molecular formula is C28H45F3O3Si3. The van der Waals surface area contributed by atoms with Crippen molar-refractivity contribution in [2.75, 3.05) is 19.8 Å². The SMILES string of the molecule is C=CC[SiH]1CCCCO1.C=C[Si]1(CCC(F)(F)F)CCCCO1.C=C[Si]1(c2ccccc2)CCCCO1. The summed E-state index contributed by atoms with van der Waals surface area (Å²) in [7, 11) is -4.74. The Kier molecular flexibility index (Phi) is 14.4. The van der Waals surface area contributed by atoms with E-state index in [1.54, 1.807) is 5.70 Å². The maximum Gasteiger partial charge on any atom is 0.388 e. The highest BCUT2D eigenvalue weighted by molar-refractivity contribution is 6.90. The summed E-state index contributed by atoms with van der Waals surface area (Å²) in [5.74, 6) is 0. The van der Waals surface area contributed by atoms with Gasteiger partial charge in [0.25, 0.3) is 0 Å². The van der Waals surface area contributed by atoms with E-state index in [9.17, 15) is 13.2 Å². The van der Waals surface area contributed by atoms with Crippen LogP contribution in [-0.4, -0.2) is 51.7 Å². The van der Waals surface area contributed by atoms with Gasteiger partial charge in [-0.05, 0) is 54.7 Å². The second-order valence-electron chi connectivity index (χ2n) is 9.97. The van der Waals surface area contributed by atoms with Crippen molar-refractivity contribution in [1.29, 1.82) is 0 Å². The van der Waals surface area contributed by atoms with Gasteiger partial charge < -0.3 is 13.3 Å². The van der Waals surface area contributed by atoms with Crippen LogP contribution in [0.2, 0.25) is 30.2 Å². The normalized spacial score (nSPS) is 27.9. The van der Waals surface area contributed by atoms with Crippen molar-refractivity contribution in [3.8, 4) is 0 Å². The van der Waals surface area contributed by atoms with Crippen molar-refractivity contribution in [2.24, 2.45) is 0 Å². The van der Waals surface area contributed by atoms with Crippen LogP contribution in [0.3, 0.4) is 0 Å². The zero-order chi connectivity index (χ0) is 27.0. The molecule has 3 saturated heterocycles. The molecule has 3 aliphatic rings. The maximum atomic E-state index is 12.0. The van der Waals surface area contributed by atoms with Gasteiger partial charge in [0.1, 0.15) is 0 Å². The van der Waals surface area contributed by atoms with Crippen LogP contribution in [0.4, 0.5) is 13.2 Å². The lowest BCUT2D eigenvalue weighted by molar-refractivity contribution is -0.131. The van der Waals surface area contributed by atoms with Crippen molar-refractivity contribution in [3.05, 3.63) is 67.5 Å². The van der Waals surface area contributed by atoms with Gasteiger partial charge in [0.2, 0.25) is 16.6 Å². The van der Waals surface area contributed by atoms with Gasteiger partial charge in [-0.1, -0.05) is 67.1 Å². The monoisotopic (exact) mass is 570 g/mol. The van der Waals surface area contributed by atoms with Crippen LogP contribution in [0.5, 0.6) is 0 Å². The zero-order valence-electron chi connectivity index (χ0n) is 22.3. The number of hydrogen-bond donors (Lipinski definition) is 0. The molecule has 0 aromatic heterocycles. The van der Waals surface area contributed by atoms with Gasteiger partial charge in [-0.3, -0.25) is 0 Å². The lowest BCUT2D eigenvalue weighted by Crippen LogP contribution is -2.51. The van der Waals surface area contributed by atoms with Gasteiger partial charge in [0.05, 0.1) is 0 Å². The van der Waals surface area contributed by atoms with E-state index in [4.69, 9.17) is 13.3 Å². The molecule has 1 aromatic carbocycles. The summed E-state index contributed by atoms with van der Waals surface area (Å²) in [6, 6.07) is 15.3. The molecule has 0 N–H and O–H groups in total. The fourth-order valence-electron chi connectivity index (χ4n) is 4.91. The van der Waals surface area contributed by atoms with E-state index in [0.29, 0.717) is 6.61 Å². The quantitative estimate of drug-likeness (QED) is 0.251. The molecule has 0 saturated carbocycles. The molecule has 3 nitrogen and oxygen atoms in total. The Morgan fingerprint density at radius 3 is 2.00 bits per heavy atom. The Bertz CT molecular complexity index is 787. The van der Waals surface area contributed by atoms with Gasteiger partial charge in [-0.15, -0.1) is 19.7 Å². The van der Waals surface area contributed by atoms with E-state index < -0.39 is 38.3 Å². The van der Waals surface area contributed by atoms with E-state index in [1.165, 1.54) is 49.0 Å². The number of benzene rings is 1. The second-order valence-corrected chi connectivity index (χ2v) is 20.0. The number of hydrogen-bond acceptors (Lipinski definition) is 3. The van der Waals surface area contributed by atoms with Crippen LogP contribution in [-0.2, 0) is 13.3 Å². The van der Waals surface area contributed by atoms with E-state index in [2.05, 4.69) is 55.8 Å². The summed E-state index contributed by atoms with van der Waals surface area (Å²) in [5, 5.41) is 1.37. The lowest BCUT2D eigenvalue weighted by atomic mass is 10.3. The standard InChI is InChI=1S/C12H16OSi.C9H15F3OSi.C7H14OSi/c1-2-14(11-7-6-10-13-14)12-8-4-3-5-9-12;1-2-14(7-4-3-6-13-14)8-5-9(10,11)12;1-2-6-9-7-4-3-5-8-9/h2-5,8-9H,1,6-7,10-11H2;2H,1,3-8H2;2,9H,1,3-7H2. The highest BCUT2D eigenvalue weighted by atomic mass is 28.4. The summed E-state index contributed by atoms with van der Waals surface area (Å²) >= 11 is 0. The molecule has 0 bridgehead atoms. The zero-order valence-corrected chi connectivity index (χ0v) is 25.4. The van der Waals surface area contributed by atoms with Crippen LogP contribution in [0.15, 0.2) is 67.5 Å². The molecular weight excluding hydrogens is 526 g/mol. The van der Waals surface area contributed by atoms with Crippen LogP contribution < -0.4 is 5.19 Å². The summed E-state index contributed by atoms with van der Waals surface area (Å²) in [4.78, 5) is 0. The minimum atomic E-state index is -4.07. The Hall–Kier alpha value is -1.24. The molecule has 0 radical (unpaired) electrons. The summed E-state index contributed by atoms with van der Waals surface area (Å²) in [6.45, 7) is 13.8. The van der Waals surface area contributed by atoms with Gasteiger partial charge in [-0.2, -0.15) is 13.2 Å².